The Morgan fingerprint density at radius 1 is 0.926 bits per heavy atom. The summed E-state index contributed by atoms with van der Waals surface area (Å²) in [4.78, 5) is 35.3. The van der Waals surface area contributed by atoms with Crippen LogP contribution in [0.1, 0.15) is 51.9 Å². The standard InChI is InChI=1S/C21H30O6/c1-14(2)19(23)16-7-9-17(10-8-16)25-13-18(22)26-11-15(3)12-27-20(24)21(4,5)6/h7-10,14-15H,11-13H2,1-6H3. The Labute approximate surface area is 161 Å². The second kappa shape index (κ2) is 10.1. The Bertz CT molecular complexity index is 640. The minimum Gasteiger partial charge on any atom is -0.482 e. The lowest BCUT2D eigenvalue weighted by atomic mass is 9.97. The van der Waals surface area contributed by atoms with Gasteiger partial charge < -0.3 is 14.2 Å². The molecule has 0 amide bonds. The maximum atomic E-state index is 11.9. The molecule has 1 aromatic carbocycles. The van der Waals surface area contributed by atoms with Gasteiger partial charge in [-0.1, -0.05) is 20.8 Å². The van der Waals surface area contributed by atoms with E-state index in [1.54, 1.807) is 45.0 Å². The monoisotopic (exact) mass is 378 g/mol. The molecule has 150 valence electrons. The predicted octanol–water partition coefficient (Wildman–Crippen LogP) is 3.67. The highest BCUT2D eigenvalue weighted by molar-refractivity contribution is 5.97. The largest absolute Gasteiger partial charge is 0.482 e. The molecule has 1 rings (SSSR count). The van der Waals surface area contributed by atoms with Gasteiger partial charge in [0.1, 0.15) is 5.75 Å². The third-order valence-corrected chi connectivity index (χ3v) is 3.66. The van der Waals surface area contributed by atoms with Gasteiger partial charge in [0, 0.05) is 17.4 Å². The van der Waals surface area contributed by atoms with Crippen molar-refractivity contribution in [1.82, 2.24) is 0 Å². The summed E-state index contributed by atoms with van der Waals surface area (Å²) in [6.45, 7) is 11.0. The number of rotatable bonds is 9. The van der Waals surface area contributed by atoms with Gasteiger partial charge in [-0.05, 0) is 45.0 Å². The van der Waals surface area contributed by atoms with Crippen molar-refractivity contribution in [2.75, 3.05) is 19.8 Å². The second-order valence-corrected chi connectivity index (χ2v) is 7.97. The minimum absolute atomic E-state index is 0.0575. The van der Waals surface area contributed by atoms with Crippen molar-refractivity contribution in [1.29, 1.82) is 0 Å². The molecule has 27 heavy (non-hydrogen) atoms. The van der Waals surface area contributed by atoms with Crippen LogP contribution in [-0.2, 0) is 19.1 Å². The van der Waals surface area contributed by atoms with Crippen LogP contribution >= 0.6 is 0 Å². The van der Waals surface area contributed by atoms with Crippen LogP contribution in [0.2, 0.25) is 0 Å². The van der Waals surface area contributed by atoms with Crippen LogP contribution in [0.3, 0.4) is 0 Å². The third-order valence-electron chi connectivity index (χ3n) is 3.66. The number of carbonyl (C=O) groups excluding carboxylic acids is 3. The zero-order chi connectivity index (χ0) is 20.6. The Balaban J connectivity index is 2.33. The molecule has 0 spiro atoms. The van der Waals surface area contributed by atoms with Gasteiger partial charge in [0.05, 0.1) is 18.6 Å². The summed E-state index contributed by atoms with van der Waals surface area (Å²) in [7, 11) is 0. The van der Waals surface area contributed by atoms with Crippen molar-refractivity contribution in [2.45, 2.75) is 41.5 Å². The fourth-order valence-electron chi connectivity index (χ4n) is 1.95. The van der Waals surface area contributed by atoms with Crippen molar-refractivity contribution in [3.8, 4) is 5.75 Å². The third kappa shape index (κ3) is 8.24. The van der Waals surface area contributed by atoms with E-state index in [0.29, 0.717) is 11.3 Å². The molecule has 0 aliphatic carbocycles. The number of esters is 2. The van der Waals surface area contributed by atoms with Gasteiger partial charge in [-0.15, -0.1) is 0 Å². The molecule has 0 aromatic heterocycles. The van der Waals surface area contributed by atoms with Crippen LogP contribution in [0, 0.1) is 17.3 Å². The second-order valence-electron chi connectivity index (χ2n) is 7.97. The zero-order valence-corrected chi connectivity index (χ0v) is 17.0. The lowest BCUT2D eigenvalue weighted by Crippen LogP contribution is -2.27. The van der Waals surface area contributed by atoms with Crippen molar-refractivity contribution in [2.24, 2.45) is 17.3 Å². The first-order valence-corrected chi connectivity index (χ1v) is 9.10. The fraction of sp³-hybridized carbons (Fsp3) is 0.571. The predicted molar refractivity (Wildman–Crippen MR) is 102 cm³/mol. The average molecular weight is 378 g/mol. The minimum atomic E-state index is -0.556. The van der Waals surface area contributed by atoms with Crippen molar-refractivity contribution in [3.05, 3.63) is 29.8 Å². The smallest absolute Gasteiger partial charge is 0.344 e. The van der Waals surface area contributed by atoms with E-state index in [1.807, 2.05) is 20.8 Å². The number of Topliss-reactive ketones (excluding diaryl/α,β-unsaturated/α-hetero) is 1. The molecule has 6 nitrogen and oxygen atoms in total. The highest BCUT2D eigenvalue weighted by Crippen LogP contribution is 2.16. The molecular formula is C21H30O6. The lowest BCUT2D eigenvalue weighted by molar-refractivity contribution is -0.156. The number of carbonyl (C=O) groups is 3. The van der Waals surface area contributed by atoms with Gasteiger partial charge in [0.25, 0.3) is 0 Å². The molecule has 0 aliphatic heterocycles. The highest BCUT2D eigenvalue weighted by atomic mass is 16.6. The van der Waals surface area contributed by atoms with E-state index < -0.39 is 11.4 Å². The highest BCUT2D eigenvalue weighted by Gasteiger charge is 2.23. The summed E-state index contributed by atoms with van der Waals surface area (Å²) >= 11 is 0. The van der Waals surface area contributed by atoms with Crippen LogP contribution in [0.5, 0.6) is 5.75 Å². The summed E-state index contributed by atoms with van der Waals surface area (Å²) in [5.74, 6) is -0.436. The molecule has 0 saturated heterocycles. The summed E-state index contributed by atoms with van der Waals surface area (Å²) in [6, 6.07) is 6.65. The van der Waals surface area contributed by atoms with Gasteiger partial charge in [0.15, 0.2) is 12.4 Å². The van der Waals surface area contributed by atoms with E-state index in [1.165, 1.54) is 0 Å². The van der Waals surface area contributed by atoms with E-state index in [2.05, 4.69) is 0 Å². The average Bonchev–Trinajstić information content (AvgIpc) is 2.61. The van der Waals surface area contributed by atoms with E-state index in [0.717, 1.165) is 0 Å². The van der Waals surface area contributed by atoms with Gasteiger partial charge in [-0.25, -0.2) is 4.79 Å². The van der Waals surface area contributed by atoms with Crippen molar-refractivity contribution < 1.29 is 28.6 Å². The molecule has 0 radical (unpaired) electrons. The summed E-state index contributed by atoms with van der Waals surface area (Å²) < 4.78 is 15.7. The molecule has 0 heterocycles. The molecule has 0 N–H and O–H groups in total. The molecule has 1 aromatic rings. The van der Waals surface area contributed by atoms with Crippen LogP contribution in [0.25, 0.3) is 0 Å². The van der Waals surface area contributed by atoms with Gasteiger partial charge >= 0.3 is 11.9 Å². The quantitative estimate of drug-likeness (QED) is 0.482. The Kier molecular flexibility index (Phi) is 8.47. The maximum Gasteiger partial charge on any atom is 0.344 e. The lowest BCUT2D eigenvalue weighted by Gasteiger charge is -2.19. The molecular weight excluding hydrogens is 348 g/mol. The Morgan fingerprint density at radius 3 is 2.00 bits per heavy atom. The van der Waals surface area contributed by atoms with E-state index in [-0.39, 0.29) is 43.4 Å². The first-order chi connectivity index (χ1) is 12.5. The summed E-state index contributed by atoms with van der Waals surface area (Å²) in [6.07, 6.45) is 0. The van der Waals surface area contributed by atoms with E-state index >= 15 is 0 Å². The van der Waals surface area contributed by atoms with Crippen molar-refractivity contribution >= 4 is 17.7 Å². The maximum absolute atomic E-state index is 11.9. The number of hydrogen-bond donors (Lipinski definition) is 0. The van der Waals surface area contributed by atoms with Crippen molar-refractivity contribution in [3.63, 3.8) is 0 Å². The summed E-state index contributed by atoms with van der Waals surface area (Å²) in [5, 5.41) is 0. The van der Waals surface area contributed by atoms with Gasteiger partial charge in [-0.2, -0.15) is 0 Å². The molecule has 0 aliphatic rings. The van der Waals surface area contributed by atoms with Crippen LogP contribution in [0.15, 0.2) is 24.3 Å². The van der Waals surface area contributed by atoms with Gasteiger partial charge in [0.2, 0.25) is 0 Å². The fourth-order valence-corrected chi connectivity index (χ4v) is 1.95. The topological polar surface area (TPSA) is 78.9 Å². The molecule has 0 bridgehead atoms. The molecule has 1 atom stereocenters. The van der Waals surface area contributed by atoms with Crippen LogP contribution in [-0.4, -0.2) is 37.5 Å². The number of hydrogen-bond acceptors (Lipinski definition) is 6. The number of benzene rings is 1. The van der Waals surface area contributed by atoms with Crippen LogP contribution in [0.4, 0.5) is 0 Å². The SMILES string of the molecule is CC(COC(=O)COc1ccc(C(=O)C(C)C)cc1)COC(=O)C(C)(C)C. The molecule has 1 unspecified atom stereocenters. The molecule has 0 saturated carbocycles. The van der Waals surface area contributed by atoms with Crippen LogP contribution < -0.4 is 4.74 Å². The number of ether oxygens (including phenoxy) is 3. The first kappa shape index (κ1) is 22.7. The van der Waals surface area contributed by atoms with E-state index in [9.17, 15) is 14.4 Å². The Morgan fingerprint density at radius 2 is 1.48 bits per heavy atom. The molecule has 6 heteroatoms. The number of ketones is 1. The normalized spacial score (nSPS) is 12.4. The Hall–Kier alpha value is -2.37. The summed E-state index contributed by atoms with van der Waals surface area (Å²) in [5.41, 5.74) is 0.0538. The van der Waals surface area contributed by atoms with Gasteiger partial charge in [-0.3, -0.25) is 9.59 Å². The first-order valence-electron chi connectivity index (χ1n) is 9.10. The zero-order valence-electron chi connectivity index (χ0n) is 17.0. The van der Waals surface area contributed by atoms with E-state index in [4.69, 9.17) is 14.2 Å². The molecule has 0 fully saturated rings.